The number of rotatable bonds is 5. The Morgan fingerprint density at radius 2 is 2.12 bits per heavy atom. The summed E-state index contributed by atoms with van der Waals surface area (Å²) >= 11 is 1.74. The van der Waals surface area contributed by atoms with Crippen molar-refractivity contribution in [2.45, 2.75) is 68.4 Å². The van der Waals surface area contributed by atoms with Crippen molar-refractivity contribution in [2.75, 3.05) is 26.2 Å². The number of carbonyl (C=O) groups is 1. The third-order valence-electron chi connectivity index (χ3n) is 5.88. The lowest BCUT2D eigenvalue weighted by Crippen LogP contribution is -2.47. The van der Waals surface area contributed by atoms with Crippen LogP contribution in [0.2, 0.25) is 0 Å². The number of amides is 1. The molecule has 4 unspecified atom stereocenters. The topological polar surface area (TPSA) is 77.7 Å². The lowest BCUT2D eigenvalue weighted by atomic mass is 9.89. The highest BCUT2D eigenvalue weighted by atomic mass is 32.2. The van der Waals surface area contributed by atoms with Gasteiger partial charge in [-0.3, -0.25) is 19.8 Å². The molecular formula is C17H31N5O2S. The molecule has 0 aromatic heterocycles. The van der Waals surface area contributed by atoms with Gasteiger partial charge in [0.15, 0.2) is 0 Å². The zero-order valence-electron chi connectivity index (χ0n) is 14.8. The second kappa shape index (κ2) is 8.54. The summed E-state index contributed by atoms with van der Waals surface area (Å²) in [6.45, 7) is 3.88. The third kappa shape index (κ3) is 4.67. The summed E-state index contributed by atoms with van der Waals surface area (Å²) in [6.07, 6.45) is 8.85. The maximum atomic E-state index is 12.5. The highest BCUT2D eigenvalue weighted by Crippen LogP contribution is 2.28. The largest absolute Gasteiger partial charge is 0.349 e. The first kappa shape index (κ1) is 18.0. The molecule has 0 radical (unpaired) electrons. The Balaban J connectivity index is 1.18. The minimum atomic E-state index is -0.224. The maximum Gasteiger partial charge on any atom is 0.239 e. The second-order valence-corrected chi connectivity index (χ2v) is 9.01. The molecule has 7 nitrogen and oxygen atoms in total. The fourth-order valence-electron chi connectivity index (χ4n) is 4.43. The molecule has 4 fully saturated rings. The van der Waals surface area contributed by atoms with E-state index in [1.807, 2.05) is 0 Å². The predicted octanol–water partition coefficient (Wildman–Crippen LogP) is 0.544. The maximum absolute atomic E-state index is 12.5. The van der Waals surface area contributed by atoms with Gasteiger partial charge in [0.05, 0.1) is 12.1 Å². The zero-order chi connectivity index (χ0) is 17.1. The Morgan fingerprint density at radius 1 is 1.24 bits per heavy atom. The van der Waals surface area contributed by atoms with Gasteiger partial charge in [0.1, 0.15) is 6.04 Å². The molecule has 4 atom stereocenters. The molecule has 1 saturated carbocycles. The van der Waals surface area contributed by atoms with Gasteiger partial charge < -0.3 is 5.32 Å². The van der Waals surface area contributed by atoms with E-state index in [2.05, 4.69) is 26.0 Å². The molecule has 4 rings (SSSR count). The summed E-state index contributed by atoms with van der Waals surface area (Å²) in [5, 5.41) is 5.95. The van der Waals surface area contributed by atoms with E-state index in [0.717, 1.165) is 44.9 Å². The van der Waals surface area contributed by atoms with Crippen LogP contribution >= 0.6 is 11.9 Å². The lowest BCUT2D eigenvalue weighted by Gasteiger charge is -2.26. The normalized spacial score (nSPS) is 37.6. The van der Waals surface area contributed by atoms with Crippen LogP contribution in [0.4, 0.5) is 0 Å². The summed E-state index contributed by atoms with van der Waals surface area (Å²) in [7, 11) is 0. The van der Waals surface area contributed by atoms with E-state index in [1.165, 1.54) is 32.1 Å². The molecule has 142 valence electrons. The summed E-state index contributed by atoms with van der Waals surface area (Å²) < 4.78 is 3.28. The van der Waals surface area contributed by atoms with Gasteiger partial charge in [0.2, 0.25) is 5.91 Å². The van der Waals surface area contributed by atoms with Crippen molar-refractivity contribution in [3.63, 3.8) is 0 Å². The Kier molecular flexibility index (Phi) is 6.15. The van der Waals surface area contributed by atoms with Gasteiger partial charge in [-0.05, 0) is 25.2 Å². The van der Waals surface area contributed by atoms with Crippen LogP contribution in [0.5, 0.6) is 0 Å². The summed E-state index contributed by atoms with van der Waals surface area (Å²) in [5.74, 6) is 0.892. The van der Waals surface area contributed by atoms with E-state index in [0.29, 0.717) is 5.25 Å². The molecule has 0 aromatic carbocycles. The van der Waals surface area contributed by atoms with E-state index in [-0.39, 0.29) is 24.1 Å². The predicted molar refractivity (Wildman–Crippen MR) is 98.5 cm³/mol. The van der Waals surface area contributed by atoms with E-state index in [1.54, 1.807) is 11.9 Å². The van der Waals surface area contributed by atoms with Gasteiger partial charge in [-0.1, -0.05) is 31.2 Å². The molecule has 4 N–H and O–H groups in total. The van der Waals surface area contributed by atoms with Crippen LogP contribution in [0, 0.1) is 5.92 Å². The SMILES string of the molecule is O=C(NC1CNN(CC2CCCCC2)C1)C1CC(C2CCNS2)ON1. The van der Waals surface area contributed by atoms with Crippen molar-refractivity contribution in [1.29, 1.82) is 0 Å². The fourth-order valence-corrected chi connectivity index (χ4v) is 5.43. The van der Waals surface area contributed by atoms with Crippen molar-refractivity contribution in [3.05, 3.63) is 0 Å². The van der Waals surface area contributed by atoms with E-state index < -0.39 is 0 Å². The van der Waals surface area contributed by atoms with Crippen LogP contribution in [-0.4, -0.2) is 60.5 Å². The van der Waals surface area contributed by atoms with Gasteiger partial charge in [-0.15, -0.1) is 0 Å². The molecular weight excluding hydrogens is 338 g/mol. The third-order valence-corrected chi connectivity index (χ3v) is 7.09. The number of carbonyl (C=O) groups excluding carboxylic acids is 1. The minimum absolute atomic E-state index is 0.0739. The van der Waals surface area contributed by atoms with E-state index in [9.17, 15) is 4.79 Å². The standard InChI is InChI=1S/C17H31N5O2S/c23-17(14-8-15(24-21-14)16-6-7-19-25-16)20-13-9-18-22(11-13)10-12-4-2-1-3-5-12/h12-16,18-19,21H,1-11H2,(H,20,23). The molecule has 3 saturated heterocycles. The highest BCUT2D eigenvalue weighted by Gasteiger charge is 2.38. The monoisotopic (exact) mass is 369 g/mol. The van der Waals surface area contributed by atoms with E-state index in [4.69, 9.17) is 4.84 Å². The Hall–Kier alpha value is -0.380. The zero-order valence-corrected chi connectivity index (χ0v) is 15.7. The molecule has 3 aliphatic heterocycles. The fraction of sp³-hybridized carbons (Fsp3) is 0.941. The molecule has 0 spiro atoms. The summed E-state index contributed by atoms with van der Waals surface area (Å²) in [5.41, 5.74) is 6.41. The van der Waals surface area contributed by atoms with Crippen molar-refractivity contribution >= 4 is 17.9 Å². The Labute approximate surface area is 154 Å². The lowest BCUT2D eigenvalue weighted by molar-refractivity contribution is -0.124. The number of hydrazine groups is 1. The van der Waals surface area contributed by atoms with Gasteiger partial charge in [-0.2, -0.15) is 5.48 Å². The minimum Gasteiger partial charge on any atom is -0.349 e. The van der Waals surface area contributed by atoms with Crippen LogP contribution in [0.3, 0.4) is 0 Å². The van der Waals surface area contributed by atoms with Gasteiger partial charge >= 0.3 is 0 Å². The van der Waals surface area contributed by atoms with Crippen LogP contribution in [0.25, 0.3) is 0 Å². The first-order valence-corrected chi connectivity index (χ1v) is 10.7. The van der Waals surface area contributed by atoms with Crippen molar-refractivity contribution in [1.82, 2.24) is 26.0 Å². The van der Waals surface area contributed by atoms with Gasteiger partial charge in [-0.25, -0.2) is 5.01 Å². The Bertz CT molecular complexity index is 456. The number of hydrogen-bond donors (Lipinski definition) is 4. The Morgan fingerprint density at radius 3 is 2.92 bits per heavy atom. The van der Waals surface area contributed by atoms with Crippen molar-refractivity contribution in [3.8, 4) is 0 Å². The smallest absolute Gasteiger partial charge is 0.239 e. The van der Waals surface area contributed by atoms with Crippen LogP contribution in [0.1, 0.15) is 44.9 Å². The molecule has 4 aliphatic rings. The highest BCUT2D eigenvalue weighted by molar-refractivity contribution is 7.98. The summed E-state index contributed by atoms with van der Waals surface area (Å²) in [6, 6.07) is -0.0296. The second-order valence-electron chi connectivity index (χ2n) is 7.88. The average Bonchev–Trinajstić information content (AvgIpc) is 3.37. The first-order chi connectivity index (χ1) is 12.3. The number of nitrogens with zero attached hydrogens (tertiary/aromatic N) is 1. The molecule has 0 bridgehead atoms. The number of nitrogens with one attached hydrogen (secondary N) is 4. The van der Waals surface area contributed by atoms with Crippen LogP contribution in [-0.2, 0) is 9.63 Å². The number of hydrogen-bond acceptors (Lipinski definition) is 7. The van der Waals surface area contributed by atoms with Gasteiger partial charge in [0.25, 0.3) is 0 Å². The molecule has 1 aliphatic carbocycles. The van der Waals surface area contributed by atoms with Crippen LogP contribution in [0.15, 0.2) is 0 Å². The molecule has 8 heteroatoms. The molecule has 3 heterocycles. The van der Waals surface area contributed by atoms with E-state index >= 15 is 0 Å². The number of hydroxylamine groups is 1. The first-order valence-electron chi connectivity index (χ1n) is 9.86. The quantitative estimate of drug-likeness (QED) is 0.527. The van der Waals surface area contributed by atoms with Crippen LogP contribution < -0.4 is 20.9 Å². The van der Waals surface area contributed by atoms with Gasteiger partial charge in [0, 0.05) is 37.8 Å². The molecule has 1 amide bonds. The van der Waals surface area contributed by atoms with Crippen molar-refractivity contribution in [2.24, 2.45) is 5.92 Å². The molecule has 25 heavy (non-hydrogen) atoms. The summed E-state index contributed by atoms with van der Waals surface area (Å²) in [4.78, 5) is 18.2. The van der Waals surface area contributed by atoms with Crippen molar-refractivity contribution < 1.29 is 9.63 Å². The average molecular weight is 370 g/mol. The molecule has 0 aromatic rings.